The summed E-state index contributed by atoms with van der Waals surface area (Å²) in [4.78, 5) is 11.3. The summed E-state index contributed by atoms with van der Waals surface area (Å²) in [5.74, 6) is -1.26. The van der Waals surface area contributed by atoms with Gasteiger partial charge in [-0.05, 0) is 29.8 Å². The van der Waals surface area contributed by atoms with Gasteiger partial charge in [-0.2, -0.15) is 4.72 Å². The van der Waals surface area contributed by atoms with Gasteiger partial charge in [0.1, 0.15) is 6.04 Å². The van der Waals surface area contributed by atoms with Crippen molar-refractivity contribution in [2.45, 2.75) is 10.9 Å². The van der Waals surface area contributed by atoms with Crippen LogP contribution in [0.1, 0.15) is 11.6 Å². The van der Waals surface area contributed by atoms with Crippen LogP contribution in [0.4, 0.5) is 0 Å². The van der Waals surface area contributed by atoms with Gasteiger partial charge in [0.15, 0.2) is 0 Å². The van der Waals surface area contributed by atoms with Crippen molar-refractivity contribution in [2.75, 3.05) is 0 Å². The van der Waals surface area contributed by atoms with E-state index in [1.165, 1.54) is 12.1 Å². The minimum atomic E-state index is -3.92. The minimum absolute atomic E-state index is 0.00730. The molecule has 2 aromatic rings. The van der Waals surface area contributed by atoms with Crippen molar-refractivity contribution in [1.82, 2.24) is 4.72 Å². The maximum Gasteiger partial charge on any atom is 0.326 e. The molecule has 2 aromatic carbocycles. The van der Waals surface area contributed by atoms with Gasteiger partial charge in [0, 0.05) is 4.47 Å². The largest absolute Gasteiger partial charge is 0.480 e. The summed E-state index contributed by atoms with van der Waals surface area (Å²) in [5, 5.41) is 9.25. The molecule has 5 nitrogen and oxygen atoms in total. The molecule has 0 unspecified atom stereocenters. The van der Waals surface area contributed by atoms with Crippen LogP contribution in [0.15, 0.2) is 64.0 Å². The Morgan fingerprint density at radius 1 is 1.05 bits per heavy atom. The molecule has 0 aromatic heterocycles. The van der Waals surface area contributed by atoms with Gasteiger partial charge < -0.3 is 5.11 Å². The van der Waals surface area contributed by atoms with E-state index in [1.807, 2.05) is 0 Å². The van der Waals surface area contributed by atoms with Crippen LogP contribution in [0.3, 0.4) is 0 Å². The Labute approximate surface area is 130 Å². The van der Waals surface area contributed by atoms with E-state index in [0.717, 1.165) is 4.47 Å². The summed E-state index contributed by atoms with van der Waals surface area (Å²) in [5.41, 5.74) is 0.366. The third kappa shape index (κ3) is 3.90. The van der Waals surface area contributed by atoms with Gasteiger partial charge in [-0.15, -0.1) is 0 Å². The predicted octanol–water partition coefficient (Wildman–Crippen LogP) is 2.55. The van der Waals surface area contributed by atoms with Gasteiger partial charge in [0.2, 0.25) is 10.0 Å². The number of carboxylic acid groups (broad SMARTS) is 1. The zero-order chi connectivity index (χ0) is 15.5. The lowest BCUT2D eigenvalue weighted by molar-refractivity contribution is -0.139. The van der Waals surface area contributed by atoms with E-state index in [4.69, 9.17) is 0 Å². The summed E-state index contributed by atoms with van der Waals surface area (Å²) >= 11 is 3.21. The predicted molar refractivity (Wildman–Crippen MR) is 81.3 cm³/mol. The van der Waals surface area contributed by atoms with E-state index in [-0.39, 0.29) is 4.90 Å². The number of hydrogen-bond donors (Lipinski definition) is 2. The van der Waals surface area contributed by atoms with E-state index < -0.39 is 22.0 Å². The number of rotatable bonds is 5. The van der Waals surface area contributed by atoms with Gasteiger partial charge in [-0.25, -0.2) is 8.42 Å². The van der Waals surface area contributed by atoms with Crippen LogP contribution in [0.5, 0.6) is 0 Å². The van der Waals surface area contributed by atoms with E-state index in [0.29, 0.717) is 5.56 Å². The lowest BCUT2D eigenvalue weighted by Crippen LogP contribution is -2.33. The first-order valence-electron chi connectivity index (χ1n) is 5.96. The number of benzene rings is 2. The maximum atomic E-state index is 12.2. The highest BCUT2D eigenvalue weighted by Crippen LogP contribution is 2.19. The van der Waals surface area contributed by atoms with E-state index in [9.17, 15) is 18.3 Å². The number of carboxylic acids is 1. The molecule has 2 N–H and O–H groups in total. The molecule has 0 aliphatic heterocycles. The Morgan fingerprint density at radius 2 is 1.62 bits per heavy atom. The third-order valence-electron chi connectivity index (χ3n) is 2.78. The molecule has 0 fully saturated rings. The monoisotopic (exact) mass is 369 g/mol. The Kier molecular flexibility index (Phi) is 4.76. The van der Waals surface area contributed by atoms with Gasteiger partial charge >= 0.3 is 5.97 Å². The maximum absolute atomic E-state index is 12.2. The van der Waals surface area contributed by atoms with Crippen molar-refractivity contribution >= 4 is 31.9 Å². The molecule has 0 spiro atoms. The van der Waals surface area contributed by atoms with Gasteiger partial charge in [0.25, 0.3) is 0 Å². The molecule has 1 atom stereocenters. The number of carbonyl (C=O) groups is 1. The van der Waals surface area contributed by atoms with Crippen molar-refractivity contribution in [3.8, 4) is 0 Å². The molecule has 0 saturated carbocycles. The number of halogens is 1. The summed E-state index contributed by atoms with van der Waals surface area (Å²) in [7, 11) is -3.92. The van der Waals surface area contributed by atoms with Crippen LogP contribution in [0.25, 0.3) is 0 Å². The smallest absolute Gasteiger partial charge is 0.326 e. The van der Waals surface area contributed by atoms with Crippen molar-refractivity contribution in [3.63, 3.8) is 0 Å². The van der Waals surface area contributed by atoms with Crippen LogP contribution >= 0.6 is 15.9 Å². The molecular weight excluding hydrogens is 358 g/mol. The molecule has 110 valence electrons. The summed E-state index contributed by atoms with van der Waals surface area (Å²) < 4.78 is 27.4. The highest BCUT2D eigenvalue weighted by molar-refractivity contribution is 9.10. The molecule has 2 rings (SSSR count). The molecule has 7 heteroatoms. The van der Waals surface area contributed by atoms with Gasteiger partial charge in [0.05, 0.1) is 4.90 Å². The molecule has 0 radical (unpaired) electrons. The number of sulfonamides is 1. The molecule has 0 amide bonds. The first kappa shape index (κ1) is 15.7. The Bertz CT molecular complexity index is 729. The molecule has 0 aliphatic rings. The first-order chi connectivity index (χ1) is 9.90. The second-order valence-corrected chi connectivity index (χ2v) is 6.89. The third-order valence-corrected chi connectivity index (χ3v) is 4.74. The fourth-order valence-electron chi connectivity index (χ4n) is 1.74. The zero-order valence-electron chi connectivity index (χ0n) is 10.7. The van der Waals surface area contributed by atoms with E-state index in [2.05, 4.69) is 20.7 Å². The molecule has 0 heterocycles. The van der Waals surface area contributed by atoms with Gasteiger partial charge in [-0.3, -0.25) is 4.79 Å². The average molecular weight is 370 g/mol. The number of hydrogen-bond acceptors (Lipinski definition) is 3. The Balaban J connectivity index is 2.32. The quantitative estimate of drug-likeness (QED) is 0.848. The van der Waals surface area contributed by atoms with Crippen LogP contribution < -0.4 is 4.72 Å². The lowest BCUT2D eigenvalue weighted by atomic mass is 10.1. The number of aliphatic carboxylic acids is 1. The Morgan fingerprint density at radius 3 is 2.14 bits per heavy atom. The lowest BCUT2D eigenvalue weighted by Gasteiger charge is -2.15. The Hall–Kier alpha value is -1.70. The standard InChI is InChI=1S/C14H12BrNO4S/c15-11-6-8-12(9-7-11)21(19,20)16-13(14(17)18)10-4-2-1-3-5-10/h1-9,13,16H,(H,17,18)/t13-/m1/s1. The number of nitrogens with one attached hydrogen (secondary N) is 1. The molecule has 0 saturated heterocycles. The van der Waals surface area contributed by atoms with Crippen molar-refractivity contribution in [3.05, 3.63) is 64.6 Å². The molecule has 0 bridgehead atoms. The normalized spacial score (nSPS) is 12.8. The first-order valence-corrected chi connectivity index (χ1v) is 8.23. The second-order valence-electron chi connectivity index (χ2n) is 4.26. The fraction of sp³-hybridized carbons (Fsp3) is 0.0714. The molecular formula is C14H12BrNO4S. The van der Waals surface area contributed by atoms with E-state index in [1.54, 1.807) is 42.5 Å². The topological polar surface area (TPSA) is 83.5 Å². The second kappa shape index (κ2) is 6.38. The van der Waals surface area contributed by atoms with E-state index >= 15 is 0 Å². The SMILES string of the molecule is O=C(O)[C@H](NS(=O)(=O)c1ccc(Br)cc1)c1ccccc1. The summed E-state index contributed by atoms with van der Waals surface area (Å²) in [6.45, 7) is 0. The molecule has 21 heavy (non-hydrogen) atoms. The van der Waals surface area contributed by atoms with Crippen molar-refractivity contribution in [1.29, 1.82) is 0 Å². The molecule has 0 aliphatic carbocycles. The van der Waals surface area contributed by atoms with Crippen molar-refractivity contribution in [2.24, 2.45) is 0 Å². The van der Waals surface area contributed by atoms with Crippen molar-refractivity contribution < 1.29 is 18.3 Å². The van der Waals surface area contributed by atoms with Crippen LogP contribution in [0.2, 0.25) is 0 Å². The van der Waals surface area contributed by atoms with Crippen LogP contribution in [-0.2, 0) is 14.8 Å². The van der Waals surface area contributed by atoms with Crippen LogP contribution in [-0.4, -0.2) is 19.5 Å². The summed E-state index contributed by atoms with van der Waals surface area (Å²) in [6, 6.07) is 12.8. The summed E-state index contributed by atoms with van der Waals surface area (Å²) in [6.07, 6.45) is 0. The minimum Gasteiger partial charge on any atom is -0.480 e. The zero-order valence-corrected chi connectivity index (χ0v) is 13.1. The van der Waals surface area contributed by atoms with Gasteiger partial charge in [-0.1, -0.05) is 46.3 Å². The highest BCUT2D eigenvalue weighted by atomic mass is 79.9. The van der Waals surface area contributed by atoms with Crippen LogP contribution in [0, 0.1) is 0 Å². The average Bonchev–Trinajstić information content (AvgIpc) is 2.46. The highest BCUT2D eigenvalue weighted by Gasteiger charge is 2.26. The fourth-order valence-corrected chi connectivity index (χ4v) is 3.19.